The van der Waals surface area contributed by atoms with Crippen LogP contribution in [0.1, 0.15) is 23.5 Å². The topological polar surface area (TPSA) is 24.9 Å². The smallest absolute Gasteiger partial charge is 0.106 e. The van der Waals surface area contributed by atoms with E-state index in [9.17, 15) is 0 Å². The molecule has 0 spiro atoms. The first kappa shape index (κ1) is 11.6. The number of hydrogen-bond acceptors (Lipinski definition) is 3. The highest BCUT2D eigenvalue weighted by Crippen LogP contribution is 2.17. The van der Waals surface area contributed by atoms with Crippen molar-refractivity contribution in [1.82, 2.24) is 10.3 Å². The minimum Gasteiger partial charge on any atom is -0.304 e. The molecule has 0 saturated heterocycles. The molecule has 1 heterocycles. The standard InChI is InChI=1S/C12H13ClN2S/c1-9(10-3-2-4-11(13)7-10)15-8-12-14-5-6-16-12/h2-7,9,15H,8H2,1H3/t9-/m1/s1. The quantitative estimate of drug-likeness (QED) is 0.899. The summed E-state index contributed by atoms with van der Waals surface area (Å²) in [6.07, 6.45) is 1.83. The lowest BCUT2D eigenvalue weighted by atomic mass is 10.1. The van der Waals surface area contributed by atoms with E-state index in [1.165, 1.54) is 5.56 Å². The van der Waals surface area contributed by atoms with Crippen LogP contribution in [0.3, 0.4) is 0 Å². The average molecular weight is 253 g/mol. The molecule has 0 fully saturated rings. The van der Waals surface area contributed by atoms with Crippen molar-refractivity contribution in [2.75, 3.05) is 0 Å². The third-order valence-corrected chi connectivity index (χ3v) is 3.41. The van der Waals surface area contributed by atoms with Gasteiger partial charge in [-0.1, -0.05) is 23.7 Å². The summed E-state index contributed by atoms with van der Waals surface area (Å²) in [5.41, 5.74) is 1.20. The molecule has 0 saturated carbocycles. The molecule has 0 aliphatic heterocycles. The zero-order valence-corrected chi connectivity index (χ0v) is 10.6. The first-order valence-corrected chi connectivity index (χ1v) is 6.38. The van der Waals surface area contributed by atoms with Gasteiger partial charge >= 0.3 is 0 Å². The zero-order valence-electron chi connectivity index (χ0n) is 8.98. The fourth-order valence-corrected chi connectivity index (χ4v) is 2.24. The molecule has 1 N–H and O–H groups in total. The summed E-state index contributed by atoms with van der Waals surface area (Å²) in [6, 6.07) is 8.20. The summed E-state index contributed by atoms with van der Waals surface area (Å²) < 4.78 is 0. The van der Waals surface area contributed by atoms with Crippen molar-refractivity contribution in [2.24, 2.45) is 0 Å². The first-order chi connectivity index (χ1) is 7.75. The summed E-state index contributed by atoms with van der Waals surface area (Å²) in [7, 11) is 0. The third kappa shape index (κ3) is 3.04. The molecule has 2 nitrogen and oxygen atoms in total. The minimum atomic E-state index is 0.280. The van der Waals surface area contributed by atoms with Crippen molar-refractivity contribution >= 4 is 22.9 Å². The molecule has 1 aromatic heterocycles. The van der Waals surface area contributed by atoms with Gasteiger partial charge in [0.05, 0.1) is 0 Å². The molecule has 1 atom stereocenters. The highest BCUT2D eigenvalue weighted by atomic mass is 35.5. The predicted octanol–water partition coefficient (Wildman–Crippen LogP) is 3.65. The SMILES string of the molecule is C[C@@H](NCc1nccs1)c1cccc(Cl)c1. The van der Waals surface area contributed by atoms with Crippen molar-refractivity contribution in [2.45, 2.75) is 19.5 Å². The Hall–Kier alpha value is -0.900. The van der Waals surface area contributed by atoms with Gasteiger partial charge in [-0.2, -0.15) is 0 Å². The fourth-order valence-electron chi connectivity index (χ4n) is 1.47. The number of hydrogen-bond donors (Lipinski definition) is 1. The van der Waals surface area contributed by atoms with E-state index in [2.05, 4.69) is 23.3 Å². The van der Waals surface area contributed by atoms with Crippen LogP contribution in [-0.4, -0.2) is 4.98 Å². The molecule has 2 aromatic rings. The lowest BCUT2D eigenvalue weighted by Crippen LogP contribution is -2.17. The molecular weight excluding hydrogens is 240 g/mol. The van der Waals surface area contributed by atoms with Gasteiger partial charge in [-0.05, 0) is 24.6 Å². The summed E-state index contributed by atoms with van der Waals surface area (Å²) in [6.45, 7) is 2.92. The Balaban J connectivity index is 1.95. The van der Waals surface area contributed by atoms with Crippen molar-refractivity contribution in [3.63, 3.8) is 0 Å². The van der Waals surface area contributed by atoms with Gasteiger partial charge in [-0.3, -0.25) is 0 Å². The van der Waals surface area contributed by atoms with E-state index in [-0.39, 0.29) is 6.04 Å². The van der Waals surface area contributed by atoms with E-state index < -0.39 is 0 Å². The van der Waals surface area contributed by atoms with E-state index >= 15 is 0 Å². The molecule has 0 aliphatic rings. The van der Waals surface area contributed by atoms with Crippen molar-refractivity contribution in [3.8, 4) is 0 Å². The zero-order chi connectivity index (χ0) is 11.4. The predicted molar refractivity (Wildman–Crippen MR) is 68.8 cm³/mol. The van der Waals surface area contributed by atoms with Gasteiger partial charge < -0.3 is 5.32 Å². The Morgan fingerprint density at radius 3 is 3.06 bits per heavy atom. The molecule has 0 amide bonds. The third-order valence-electron chi connectivity index (χ3n) is 2.39. The van der Waals surface area contributed by atoms with Crippen LogP contribution in [0.25, 0.3) is 0 Å². The fraction of sp³-hybridized carbons (Fsp3) is 0.250. The van der Waals surface area contributed by atoms with E-state index in [1.807, 2.05) is 29.8 Å². The summed E-state index contributed by atoms with van der Waals surface area (Å²) in [5.74, 6) is 0. The second-order valence-electron chi connectivity index (χ2n) is 3.58. The number of halogens is 1. The second kappa shape index (κ2) is 5.43. The van der Waals surface area contributed by atoms with Crippen LogP contribution in [-0.2, 0) is 6.54 Å². The minimum absolute atomic E-state index is 0.280. The first-order valence-electron chi connectivity index (χ1n) is 5.13. The number of nitrogens with zero attached hydrogens (tertiary/aromatic N) is 1. The Labute approximate surface area is 104 Å². The molecular formula is C12H13ClN2S. The van der Waals surface area contributed by atoms with Gasteiger partial charge in [0.2, 0.25) is 0 Å². The molecule has 0 radical (unpaired) electrons. The number of rotatable bonds is 4. The molecule has 16 heavy (non-hydrogen) atoms. The number of benzene rings is 1. The summed E-state index contributed by atoms with van der Waals surface area (Å²) in [5, 5.41) is 7.29. The Morgan fingerprint density at radius 1 is 1.50 bits per heavy atom. The second-order valence-corrected chi connectivity index (χ2v) is 5.00. The highest BCUT2D eigenvalue weighted by Gasteiger charge is 2.05. The maximum Gasteiger partial charge on any atom is 0.106 e. The van der Waals surface area contributed by atoms with E-state index in [0.29, 0.717) is 0 Å². The Morgan fingerprint density at radius 2 is 2.38 bits per heavy atom. The Kier molecular flexibility index (Phi) is 3.93. The van der Waals surface area contributed by atoms with Crippen LogP contribution in [0.5, 0.6) is 0 Å². The number of thiazole rings is 1. The van der Waals surface area contributed by atoms with Crippen LogP contribution >= 0.6 is 22.9 Å². The van der Waals surface area contributed by atoms with Crippen LogP contribution in [0.2, 0.25) is 5.02 Å². The van der Waals surface area contributed by atoms with E-state index in [1.54, 1.807) is 11.3 Å². The molecule has 0 aliphatic carbocycles. The van der Waals surface area contributed by atoms with Crippen molar-refractivity contribution in [3.05, 3.63) is 51.4 Å². The molecule has 0 unspecified atom stereocenters. The monoisotopic (exact) mass is 252 g/mol. The van der Waals surface area contributed by atoms with Crippen molar-refractivity contribution in [1.29, 1.82) is 0 Å². The van der Waals surface area contributed by atoms with E-state index in [0.717, 1.165) is 16.6 Å². The van der Waals surface area contributed by atoms with Gasteiger partial charge in [0, 0.05) is 29.2 Å². The molecule has 2 rings (SSSR count). The molecule has 4 heteroatoms. The molecule has 1 aromatic carbocycles. The summed E-state index contributed by atoms with van der Waals surface area (Å²) in [4.78, 5) is 4.23. The lowest BCUT2D eigenvalue weighted by molar-refractivity contribution is 0.573. The number of nitrogens with one attached hydrogen (secondary N) is 1. The summed E-state index contributed by atoms with van der Waals surface area (Å²) >= 11 is 7.61. The van der Waals surface area contributed by atoms with Gasteiger partial charge in [-0.25, -0.2) is 4.98 Å². The maximum atomic E-state index is 5.95. The van der Waals surface area contributed by atoms with Gasteiger partial charge in [0.15, 0.2) is 0 Å². The van der Waals surface area contributed by atoms with Gasteiger partial charge in [0.25, 0.3) is 0 Å². The molecule has 0 bridgehead atoms. The van der Waals surface area contributed by atoms with E-state index in [4.69, 9.17) is 11.6 Å². The average Bonchev–Trinajstić information content (AvgIpc) is 2.78. The maximum absolute atomic E-state index is 5.95. The van der Waals surface area contributed by atoms with Gasteiger partial charge in [0.1, 0.15) is 5.01 Å². The van der Waals surface area contributed by atoms with Crippen molar-refractivity contribution < 1.29 is 0 Å². The van der Waals surface area contributed by atoms with Gasteiger partial charge in [-0.15, -0.1) is 11.3 Å². The van der Waals surface area contributed by atoms with Crippen LogP contribution in [0.4, 0.5) is 0 Å². The normalized spacial score (nSPS) is 12.6. The van der Waals surface area contributed by atoms with Crippen LogP contribution in [0, 0.1) is 0 Å². The van der Waals surface area contributed by atoms with Crippen LogP contribution in [0.15, 0.2) is 35.8 Å². The lowest BCUT2D eigenvalue weighted by Gasteiger charge is -2.13. The van der Waals surface area contributed by atoms with Crippen LogP contribution < -0.4 is 5.32 Å². The Bertz CT molecular complexity index is 442. The number of aromatic nitrogens is 1. The largest absolute Gasteiger partial charge is 0.304 e. The highest BCUT2D eigenvalue weighted by molar-refractivity contribution is 7.09. The molecule has 84 valence electrons.